The topological polar surface area (TPSA) is 15.3 Å². The Hall–Kier alpha value is -0.0800. The van der Waals surface area contributed by atoms with E-state index in [9.17, 15) is 0 Å². The maximum absolute atomic E-state index is 3.86. The summed E-state index contributed by atoms with van der Waals surface area (Å²) in [5.41, 5.74) is 0. The van der Waals surface area contributed by atoms with E-state index in [1.165, 1.54) is 77.4 Å². The molecule has 0 aromatic carbocycles. The van der Waals surface area contributed by atoms with Gasteiger partial charge in [-0.25, -0.2) is 0 Å². The molecule has 0 bridgehead atoms. The van der Waals surface area contributed by atoms with Gasteiger partial charge in [-0.3, -0.25) is 4.90 Å². The molecule has 4 fully saturated rings. The summed E-state index contributed by atoms with van der Waals surface area (Å²) < 4.78 is 0. The van der Waals surface area contributed by atoms with Gasteiger partial charge in [0.05, 0.1) is 0 Å². The maximum atomic E-state index is 3.86. The van der Waals surface area contributed by atoms with E-state index in [1.807, 2.05) is 0 Å². The van der Waals surface area contributed by atoms with Crippen molar-refractivity contribution in [3.63, 3.8) is 0 Å². The third kappa shape index (κ3) is 2.35. The van der Waals surface area contributed by atoms with E-state index >= 15 is 0 Å². The second-order valence-corrected chi connectivity index (χ2v) is 7.62. The fourth-order valence-electron chi connectivity index (χ4n) is 5.71. The van der Waals surface area contributed by atoms with E-state index in [0.29, 0.717) is 0 Å². The van der Waals surface area contributed by atoms with Gasteiger partial charge < -0.3 is 5.32 Å². The third-order valence-electron chi connectivity index (χ3n) is 6.67. The molecule has 0 amide bonds. The van der Waals surface area contributed by atoms with Gasteiger partial charge in [-0.2, -0.15) is 0 Å². The highest BCUT2D eigenvalue weighted by Crippen LogP contribution is 2.40. The van der Waals surface area contributed by atoms with E-state index in [-0.39, 0.29) is 0 Å². The molecule has 2 aliphatic heterocycles. The summed E-state index contributed by atoms with van der Waals surface area (Å²) in [7, 11) is 0. The lowest BCUT2D eigenvalue weighted by Gasteiger charge is -2.45. The SMILES string of the molecule is C1CC2CNC(CN3CCC[C@H]4CCCC[C@H]43)C2C1. The van der Waals surface area contributed by atoms with Crippen LogP contribution in [0, 0.1) is 17.8 Å². The molecule has 108 valence electrons. The Morgan fingerprint density at radius 1 is 0.842 bits per heavy atom. The van der Waals surface area contributed by atoms with Crippen LogP contribution in [0.1, 0.15) is 57.8 Å². The zero-order valence-electron chi connectivity index (χ0n) is 12.3. The molecular formula is C17H30N2. The first-order valence-corrected chi connectivity index (χ1v) is 8.89. The fourth-order valence-corrected chi connectivity index (χ4v) is 5.71. The zero-order valence-corrected chi connectivity index (χ0v) is 12.3. The first-order valence-electron chi connectivity index (χ1n) is 8.89. The standard InChI is InChI=1S/C17H30N2/c1-2-9-17-13(5-1)7-4-10-19(17)12-16-15-8-3-6-14(15)11-18-16/h13-18H,1-12H2/t13-,14?,15?,16?,17-/m1/s1. The van der Waals surface area contributed by atoms with Gasteiger partial charge in [-0.15, -0.1) is 0 Å². The molecule has 2 saturated carbocycles. The number of piperidine rings is 1. The van der Waals surface area contributed by atoms with Crippen LogP contribution in [0.4, 0.5) is 0 Å². The summed E-state index contributed by atoms with van der Waals surface area (Å²) in [5, 5.41) is 3.86. The summed E-state index contributed by atoms with van der Waals surface area (Å²) in [5.74, 6) is 3.09. The Labute approximate surface area is 118 Å². The molecule has 1 N–H and O–H groups in total. The molecule has 0 radical (unpaired) electrons. The number of nitrogens with one attached hydrogen (secondary N) is 1. The molecule has 0 spiro atoms. The van der Waals surface area contributed by atoms with Crippen LogP contribution in [0.25, 0.3) is 0 Å². The highest BCUT2D eigenvalue weighted by molar-refractivity contribution is 4.97. The Balaban J connectivity index is 1.41. The van der Waals surface area contributed by atoms with Crippen molar-refractivity contribution in [3.8, 4) is 0 Å². The van der Waals surface area contributed by atoms with Crippen LogP contribution in [-0.4, -0.2) is 36.6 Å². The first-order chi connectivity index (χ1) is 9.42. The van der Waals surface area contributed by atoms with E-state index in [2.05, 4.69) is 10.2 Å². The van der Waals surface area contributed by atoms with Gasteiger partial charge >= 0.3 is 0 Å². The molecule has 0 aromatic heterocycles. The van der Waals surface area contributed by atoms with E-state index < -0.39 is 0 Å². The highest BCUT2D eigenvalue weighted by Gasteiger charge is 2.41. The van der Waals surface area contributed by atoms with Crippen LogP contribution in [0.5, 0.6) is 0 Å². The Bertz CT molecular complexity index is 314. The molecule has 4 rings (SSSR count). The van der Waals surface area contributed by atoms with Gasteiger partial charge in [0.2, 0.25) is 0 Å². The lowest BCUT2D eigenvalue weighted by molar-refractivity contribution is 0.0501. The summed E-state index contributed by atoms with van der Waals surface area (Å²) in [4.78, 5) is 2.89. The highest BCUT2D eigenvalue weighted by atomic mass is 15.2. The minimum Gasteiger partial charge on any atom is -0.312 e. The van der Waals surface area contributed by atoms with Gasteiger partial charge in [-0.05, 0) is 69.4 Å². The predicted molar refractivity (Wildman–Crippen MR) is 79.2 cm³/mol. The minimum atomic E-state index is 0.827. The van der Waals surface area contributed by atoms with Gasteiger partial charge in [0.15, 0.2) is 0 Å². The lowest BCUT2D eigenvalue weighted by Crippen LogP contribution is -2.51. The van der Waals surface area contributed by atoms with Crippen molar-refractivity contribution in [1.82, 2.24) is 10.2 Å². The molecule has 2 aliphatic carbocycles. The number of rotatable bonds is 2. The smallest absolute Gasteiger partial charge is 0.0226 e. The van der Waals surface area contributed by atoms with Crippen LogP contribution in [0.2, 0.25) is 0 Å². The normalized spacial score (nSPS) is 47.1. The van der Waals surface area contributed by atoms with Crippen LogP contribution in [0.15, 0.2) is 0 Å². The number of hydrogen-bond acceptors (Lipinski definition) is 2. The molecule has 0 aromatic rings. The number of nitrogens with zero attached hydrogens (tertiary/aromatic N) is 1. The monoisotopic (exact) mass is 262 g/mol. The molecule has 2 nitrogen and oxygen atoms in total. The summed E-state index contributed by atoms with van der Waals surface area (Å²) in [6.07, 6.45) is 13.5. The molecule has 4 aliphatic rings. The van der Waals surface area contributed by atoms with Crippen molar-refractivity contribution in [2.45, 2.75) is 69.9 Å². The fraction of sp³-hybridized carbons (Fsp3) is 1.00. The quantitative estimate of drug-likeness (QED) is 0.823. The molecule has 3 unspecified atom stereocenters. The largest absolute Gasteiger partial charge is 0.312 e. The molecule has 5 atom stereocenters. The number of likely N-dealkylation sites (tertiary alicyclic amines) is 1. The van der Waals surface area contributed by atoms with Crippen LogP contribution >= 0.6 is 0 Å². The van der Waals surface area contributed by atoms with Crippen molar-refractivity contribution in [2.75, 3.05) is 19.6 Å². The van der Waals surface area contributed by atoms with Gasteiger partial charge in [0.25, 0.3) is 0 Å². The second kappa shape index (κ2) is 5.37. The lowest BCUT2D eigenvalue weighted by atomic mass is 9.78. The summed E-state index contributed by atoms with van der Waals surface area (Å²) in [6.45, 7) is 4.07. The Morgan fingerprint density at radius 3 is 2.68 bits per heavy atom. The second-order valence-electron chi connectivity index (χ2n) is 7.62. The predicted octanol–water partition coefficient (Wildman–Crippen LogP) is 3.03. The minimum absolute atomic E-state index is 0.827. The number of fused-ring (bicyclic) bond motifs is 2. The van der Waals surface area contributed by atoms with Crippen molar-refractivity contribution < 1.29 is 0 Å². The van der Waals surface area contributed by atoms with Crippen LogP contribution in [-0.2, 0) is 0 Å². The summed E-state index contributed by atoms with van der Waals surface area (Å²) in [6, 6.07) is 1.78. The van der Waals surface area contributed by atoms with Crippen molar-refractivity contribution in [3.05, 3.63) is 0 Å². The van der Waals surface area contributed by atoms with E-state index in [0.717, 1.165) is 29.8 Å². The van der Waals surface area contributed by atoms with Crippen molar-refractivity contribution in [2.24, 2.45) is 17.8 Å². The summed E-state index contributed by atoms with van der Waals surface area (Å²) >= 11 is 0. The first kappa shape index (κ1) is 12.6. The molecule has 2 saturated heterocycles. The Kier molecular flexibility index (Phi) is 3.57. The van der Waals surface area contributed by atoms with E-state index in [4.69, 9.17) is 0 Å². The maximum Gasteiger partial charge on any atom is 0.0226 e. The molecule has 2 heterocycles. The van der Waals surface area contributed by atoms with Crippen LogP contribution < -0.4 is 5.32 Å². The van der Waals surface area contributed by atoms with Gasteiger partial charge in [0, 0.05) is 18.6 Å². The Morgan fingerprint density at radius 2 is 1.68 bits per heavy atom. The average molecular weight is 262 g/mol. The third-order valence-corrected chi connectivity index (χ3v) is 6.67. The molecule has 19 heavy (non-hydrogen) atoms. The average Bonchev–Trinajstić information content (AvgIpc) is 3.04. The molecule has 2 heteroatoms. The van der Waals surface area contributed by atoms with Crippen molar-refractivity contribution in [1.29, 1.82) is 0 Å². The van der Waals surface area contributed by atoms with Gasteiger partial charge in [0.1, 0.15) is 0 Å². The van der Waals surface area contributed by atoms with Gasteiger partial charge in [-0.1, -0.05) is 19.3 Å². The van der Waals surface area contributed by atoms with Crippen molar-refractivity contribution >= 4 is 0 Å². The number of hydrogen-bond donors (Lipinski definition) is 1. The van der Waals surface area contributed by atoms with E-state index in [1.54, 1.807) is 0 Å². The molecular weight excluding hydrogens is 232 g/mol. The van der Waals surface area contributed by atoms with Crippen LogP contribution in [0.3, 0.4) is 0 Å². The zero-order chi connectivity index (χ0) is 12.7.